The van der Waals surface area contributed by atoms with Gasteiger partial charge in [0.15, 0.2) is 0 Å². The second-order valence-corrected chi connectivity index (χ2v) is 7.37. The van der Waals surface area contributed by atoms with Gasteiger partial charge in [0.2, 0.25) is 5.91 Å². The van der Waals surface area contributed by atoms with E-state index in [1.807, 2.05) is 13.8 Å². The Morgan fingerprint density at radius 1 is 1.04 bits per heavy atom. The van der Waals surface area contributed by atoms with Crippen LogP contribution in [0.3, 0.4) is 0 Å². The smallest absolute Gasteiger partial charge is 0.310 e. The first-order valence-electron chi connectivity index (χ1n) is 9.42. The average molecular weight is 376 g/mol. The summed E-state index contributed by atoms with van der Waals surface area (Å²) in [5, 5.41) is 9.63. The van der Waals surface area contributed by atoms with Crippen molar-refractivity contribution in [1.82, 2.24) is 10.9 Å². The molecule has 1 aromatic rings. The standard InChI is InChI=1S/C20H28N2O5/c1-14(2)27-16-9-7-15(8-10-16)18(24)22-21-17(23)13-20(19(25)26)11-5-3-4-6-12-20/h7-10,14H,3-6,11-13H2,1-2H3,(H,21,23)(H,22,24)(H,25,26). The number of nitrogens with one attached hydrogen (secondary N) is 2. The summed E-state index contributed by atoms with van der Waals surface area (Å²) in [5.41, 5.74) is 4.02. The van der Waals surface area contributed by atoms with Crippen molar-refractivity contribution in [2.24, 2.45) is 5.41 Å². The number of carboxylic acid groups (broad SMARTS) is 1. The third-order valence-corrected chi connectivity index (χ3v) is 4.82. The van der Waals surface area contributed by atoms with Gasteiger partial charge in [-0.2, -0.15) is 0 Å². The van der Waals surface area contributed by atoms with Crippen LogP contribution in [-0.2, 0) is 9.59 Å². The average Bonchev–Trinajstić information content (AvgIpc) is 2.86. The zero-order chi connectivity index (χ0) is 19.9. The van der Waals surface area contributed by atoms with Crippen molar-refractivity contribution in [1.29, 1.82) is 0 Å². The molecule has 1 fully saturated rings. The third kappa shape index (κ3) is 5.98. The molecule has 1 aromatic carbocycles. The first-order valence-corrected chi connectivity index (χ1v) is 9.42. The summed E-state index contributed by atoms with van der Waals surface area (Å²) in [6, 6.07) is 6.57. The van der Waals surface area contributed by atoms with Gasteiger partial charge in [-0.1, -0.05) is 25.7 Å². The van der Waals surface area contributed by atoms with Gasteiger partial charge in [-0.05, 0) is 51.0 Å². The molecule has 27 heavy (non-hydrogen) atoms. The predicted octanol–water partition coefficient (Wildman–Crippen LogP) is 3.05. The fraction of sp³-hybridized carbons (Fsp3) is 0.550. The van der Waals surface area contributed by atoms with Crippen molar-refractivity contribution in [2.45, 2.75) is 64.9 Å². The van der Waals surface area contributed by atoms with E-state index >= 15 is 0 Å². The Labute approximate surface area is 159 Å². The van der Waals surface area contributed by atoms with Crippen molar-refractivity contribution in [2.75, 3.05) is 0 Å². The molecule has 0 saturated heterocycles. The number of hydrazine groups is 1. The molecule has 0 unspecified atom stereocenters. The molecule has 0 bridgehead atoms. The summed E-state index contributed by atoms with van der Waals surface area (Å²) in [5.74, 6) is -1.24. The van der Waals surface area contributed by atoms with Crippen LogP contribution >= 0.6 is 0 Å². The van der Waals surface area contributed by atoms with Gasteiger partial charge in [-0.15, -0.1) is 0 Å². The number of aliphatic carboxylic acids is 1. The molecule has 0 atom stereocenters. The molecule has 7 heteroatoms. The largest absolute Gasteiger partial charge is 0.491 e. The Morgan fingerprint density at radius 3 is 2.15 bits per heavy atom. The van der Waals surface area contributed by atoms with Crippen LogP contribution in [0.4, 0.5) is 0 Å². The van der Waals surface area contributed by atoms with Crippen LogP contribution in [0.1, 0.15) is 69.2 Å². The molecule has 7 nitrogen and oxygen atoms in total. The summed E-state index contributed by atoms with van der Waals surface area (Å²) in [6.07, 6.45) is 4.46. The molecule has 3 N–H and O–H groups in total. The lowest BCUT2D eigenvalue weighted by molar-refractivity contribution is -0.153. The van der Waals surface area contributed by atoms with E-state index in [1.165, 1.54) is 0 Å². The predicted molar refractivity (Wildman–Crippen MR) is 100 cm³/mol. The van der Waals surface area contributed by atoms with E-state index in [-0.39, 0.29) is 12.5 Å². The summed E-state index contributed by atoms with van der Waals surface area (Å²) in [7, 11) is 0. The van der Waals surface area contributed by atoms with E-state index in [4.69, 9.17) is 4.74 Å². The van der Waals surface area contributed by atoms with E-state index in [0.717, 1.165) is 25.7 Å². The molecule has 0 aromatic heterocycles. The van der Waals surface area contributed by atoms with E-state index in [2.05, 4.69) is 10.9 Å². The highest BCUT2D eigenvalue weighted by Gasteiger charge is 2.40. The molecule has 148 valence electrons. The highest BCUT2D eigenvalue weighted by atomic mass is 16.5. The van der Waals surface area contributed by atoms with E-state index in [9.17, 15) is 19.5 Å². The minimum Gasteiger partial charge on any atom is -0.491 e. The Balaban J connectivity index is 1.90. The zero-order valence-electron chi connectivity index (χ0n) is 15.9. The van der Waals surface area contributed by atoms with Gasteiger partial charge in [-0.3, -0.25) is 25.2 Å². The molecule has 0 spiro atoms. The van der Waals surface area contributed by atoms with E-state index in [1.54, 1.807) is 24.3 Å². The number of rotatable bonds is 6. The van der Waals surface area contributed by atoms with Gasteiger partial charge >= 0.3 is 5.97 Å². The molecule has 1 saturated carbocycles. The molecule has 0 aliphatic heterocycles. The summed E-state index contributed by atoms with van der Waals surface area (Å²) < 4.78 is 5.52. The Bertz CT molecular complexity index is 661. The molecule has 1 aliphatic carbocycles. The molecule has 2 rings (SSSR count). The number of benzene rings is 1. The fourth-order valence-electron chi connectivity index (χ4n) is 3.38. The number of ether oxygens (including phenoxy) is 1. The molecule has 0 radical (unpaired) electrons. The Kier molecular flexibility index (Phi) is 7.21. The molecule has 0 heterocycles. The van der Waals surface area contributed by atoms with E-state index in [0.29, 0.717) is 24.2 Å². The number of carboxylic acids is 1. The van der Waals surface area contributed by atoms with Gasteiger partial charge in [0.1, 0.15) is 5.75 Å². The Morgan fingerprint density at radius 2 is 1.63 bits per heavy atom. The van der Waals surface area contributed by atoms with Crippen LogP contribution < -0.4 is 15.6 Å². The van der Waals surface area contributed by atoms with Crippen molar-refractivity contribution >= 4 is 17.8 Å². The maximum Gasteiger partial charge on any atom is 0.310 e. The van der Waals surface area contributed by atoms with Gasteiger partial charge in [0, 0.05) is 12.0 Å². The summed E-state index contributed by atoms with van der Waals surface area (Å²) >= 11 is 0. The normalized spacial score (nSPS) is 16.3. The molecule has 1 aliphatic rings. The van der Waals surface area contributed by atoms with Crippen LogP contribution in [0, 0.1) is 5.41 Å². The van der Waals surface area contributed by atoms with Gasteiger partial charge in [-0.25, -0.2) is 0 Å². The van der Waals surface area contributed by atoms with Crippen LogP contribution in [0.2, 0.25) is 0 Å². The van der Waals surface area contributed by atoms with Crippen LogP contribution in [0.25, 0.3) is 0 Å². The topological polar surface area (TPSA) is 105 Å². The first-order chi connectivity index (χ1) is 12.8. The highest BCUT2D eigenvalue weighted by Crippen LogP contribution is 2.38. The monoisotopic (exact) mass is 376 g/mol. The van der Waals surface area contributed by atoms with Crippen LogP contribution in [0.5, 0.6) is 5.75 Å². The molecule has 2 amide bonds. The van der Waals surface area contributed by atoms with Crippen LogP contribution in [-0.4, -0.2) is 29.0 Å². The second-order valence-electron chi connectivity index (χ2n) is 7.37. The highest BCUT2D eigenvalue weighted by molar-refractivity contribution is 5.95. The van der Waals surface area contributed by atoms with Crippen LogP contribution in [0.15, 0.2) is 24.3 Å². The number of hydrogen-bond donors (Lipinski definition) is 3. The van der Waals surface area contributed by atoms with Crippen molar-refractivity contribution in [3.63, 3.8) is 0 Å². The lowest BCUT2D eigenvalue weighted by Gasteiger charge is -2.27. The minimum atomic E-state index is -1.04. The Hall–Kier alpha value is -2.57. The summed E-state index contributed by atoms with van der Waals surface area (Å²) in [4.78, 5) is 36.1. The SMILES string of the molecule is CC(C)Oc1ccc(C(=O)NNC(=O)CC2(C(=O)O)CCCCCC2)cc1. The third-order valence-electron chi connectivity index (χ3n) is 4.82. The number of carbonyl (C=O) groups excluding carboxylic acids is 2. The van der Waals surface area contributed by atoms with Crippen molar-refractivity contribution in [3.8, 4) is 5.75 Å². The minimum absolute atomic E-state index is 0.0366. The van der Waals surface area contributed by atoms with Gasteiger partial charge < -0.3 is 9.84 Å². The quantitative estimate of drug-likeness (QED) is 0.523. The zero-order valence-corrected chi connectivity index (χ0v) is 15.9. The molecular weight excluding hydrogens is 348 g/mol. The molecular formula is C20H28N2O5. The van der Waals surface area contributed by atoms with Gasteiger partial charge in [0.25, 0.3) is 5.91 Å². The maximum absolute atomic E-state index is 12.2. The number of carbonyl (C=O) groups is 3. The first kappa shape index (κ1) is 20.7. The fourth-order valence-corrected chi connectivity index (χ4v) is 3.38. The van der Waals surface area contributed by atoms with Gasteiger partial charge in [0.05, 0.1) is 11.5 Å². The number of hydrogen-bond acceptors (Lipinski definition) is 4. The van der Waals surface area contributed by atoms with Crippen molar-refractivity contribution < 1.29 is 24.2 Å². The maximum atomic E-state index is 12.2. The van der Waals surface area contributed by atoms with E-state index < -0.39 is 23.2 Å². The second kappa shape index (κ2) is 9.39. The summed E-state index contributed by atoms with van der Waals surface area (Å²) in [6.45, 7) is 3.82. The van der Waals surface area contributed by atoms with Crippen molar-refractivity contribution in [3.05, 3.63) is 29.8 Å². The lowest BCUT2D eigenvalue weighted by atomic mass is 9.77. The lowest BCUT2D eigenvalue weighted by Crippen LogP contribution is -2.45. The number of amides is 2.